The molecule has 3 N–H and O–H groups in total. The number of nitrogens with one attached hydrogen (secondary N) is 1. The average Bonchev–Trinajstić information content (AvgIpc) is 3.18. The number of rotatable bonds is 5. The van der Waals surface area contributed by atoms with Crippen LogP contribution in [0.25, 0.3) is 0 Å². The van der Waals surface area contributed by atoms with Gasteiger partial charge in [-0.05, 0) is 30.4 Å². The Hall–Kier alpha value is -1.63. The van der Waals surface area contributed by atoms with Crippen molar-refractivity contribution in [1.29, 1.82) is 0 Å². The Morgan fingerprint density at radius 1 is 1.25 bits per heavy atom. The Morgan fingerprint density at radius 2 is 2.00 bits per heavy atom. The largest absolute Gasteiger partial charge is 0.352 e. The van der Waals surface area contributed by atoms with E-state index < -0.39 is 0 Å². The first-order valence-electron chi connectivity index (χ1n) is 7.65. The molecule has 3 rings (SSSR count). The van der Waals surface area contributed by atoms with E-state index in [1.54, 1.807) is 11.0 Å². The van der Waals surface area contributed by atoms with Crippen LogP contribution in [0.2, 0.25) is 0 Å². The van der Waals surface area contributed by atoms with Gasteiger partial charge in [-0.15, -0.1) is 24.8 Å². The monoisotopic (exact) mass is 371 g/mol. The second kappa shape index (κ2) is 9.61. The van der Waals surface area contributed by atoms with Gasteiger partial charge in [-0.2, -0.15) is 5.10 Å². The van der Waals surface area contributed by atoms with Crippen molar-refractivity contribution in [2.24, 2.45) is 11.7 Å². The number of halogens is 2. The Kier molecular flexibility index (Phi) is 8.18. The minimum absolute atomic E-state index is 0. The van der Waals surface area contributed by atoms with Crippen LogP contribution in [0.3, 0.4) is 0 Å². The molecule has 2 unspecified atom stereocenters. The predicted molar refractivity (Wildman–Crippen MR) is 97.2 cm³/mol. The van der Waals surface area contributed by atoms with Crippen molar-refractivity contribution in [1.82, 2.24) is 20.1 Å². The summed E-state index contributed by atoms with van der Waals surface area (Å²) in [6.07, 6.45) is 5.85. The van der Waals surface area contributed by atoms with Gasteiger partial charge in [-0.1, -0.05) is 24.3 Å². The first-order chi connectivity index (χ1) is 10.7. The highest BCUT2D eigenvalue weighted by Crippen LogP contribution is 2.24. The van der Waals surface area contributed by atoms with Crippen LogP contribution in [0.15, 0.2) is 36.9 Å². The van der Waals surface area contributed by atoms with E-state index in [0.29, 0.717) is 13.1 Å². The van der Waals surface area contributed by atoms with E-state index in [-0.39, 0.29) is 42.7 Å². The van der Waals surface area contributed by atoms with Gasteiger partial charge < -0.3 is 11.1 Å². The Morgan fingerprint density at radius 3 is 2.62 bits per heavy atom. The lowest BCUT2D eigenvalue weighted by Crippen LogP contribution is -2.30. The van der Waals surface area contributed by atoms with Crippen molar-refractivity contribution in [3.63, 3.8) is 0 Å². The fourth-order valence-electron chi connectivity index (χ4n) is 2.95. The minimum atomic E-state index is 0. The van der Waals surface area contributed by atoms with Crippen molar-refractivity contribution in [3.8, 4) is 0 Å². The van der Waals surface area contributed by atoms with E-state index in [9.17, 15) is 4.79 Å². The van der Waals surface area contributed by atoms with E-state index >= 15 is 0 Å². The number of hydrogen-bond acceptors (Lipinski definition) is 4. The molecule has 1 amide bonds. The lowest BCUT2D eigenvalue weighted by Gasteiger charge is -2.13. The number of carbonyl (C=O) groups excluding carboxylic acids is 1. The van der Waals surface area contributed by atoms with Crippen LogP contribution in [0.1, 0.15) is 30.4 Å². The second-order valence-electron chi connectivity index (χ2n) is 5.85. The maximum absolute atomic E-state index is 12.2. The van der Waals surface area contributed by atoms with Gasteiger partial charge in [-0.25, -0.2) is 9.67 Å². The van der Waals surface area contributed by atoms with Gasteiger partial charge in [0.05, 0.1) is 6.54 Å². The zero-order chi connectivity index (χ0) is 15.4. The molecule has 1 saturated carbocycles. The number of amides is 1. The second-order valence-corrected chi connectivity index (χ2v) is 5.85. The molecule has 1 heterocycles. The van der Waals surface area contributed by atoms with Crippen LogP contribution < -0.4 is 11.1 Å². The molecule has 24 heavy (non-hydrogen) atoms. The van der Waals surface area contributed by atoms with Crippen molar-refractivity contribution in [3.05, 3.63) is 48.0 Å². The molecular weight excluding hydrogens is 349 g/mol. The van der Waals surface area contributed by atoms with E-state index in [1.165, 1.54) is 6.33 Å². The summed E-state index contributed by atoms with van der Waals surface area (Å²) in [5.74, 6) is 0.181. The molecule has 1 aromatic heterocycles. The number of hydrogen-bond donors (Lipinski definition) is 2. The molecule has 0 aliphatic heterocycles. The summed E-state index contributed by atoms with van der Waals surface area (Å²) in [5.41, 5.74) is 8.12. The van der Waals surface area contributed by atoms with Crippen molar-refractivity contribution < 1.29 is 4.79 Å². The molecule has 6 nitrogen and oxygen atoms in total. The molecule has 1 aliphatic rings. The molecule has 1 aromatic carbocycles. The molecule has 0 saturated heterocycles. The smallest absolute Gasteiger partial charge is 0.223 e. The summed E-state index contributed by atoms with van der Waals surface area (Å²) < 4.78 is 1.77. The Balaban J connectivity index is 0.00000144. The van der Waals surface area contributed by atoms with Gasteiger partial charge in [0, 0.05) is 18.5 Å². The standard InChI is InChI=1S/C16H21N5O.2ClH/c17-15-6-5-12(7-15)16(22)19-8-13-3-1-2-4-14(13)9-21-11-18-10-20-21;;/h1-4,10-12,15H,5-9,17H2,(H,19,22);2*1H. The molecular formula is C16H23Cl2N5O. The number of aromatic nitrogens is 3. The van der Waals surface area contributed by atoms with Gasteiger partial charge in [-0.3, -0.25) is 4.79 Å². The van der Waals surface area contributed by atoms with Crippen LogP contribution in [0.4, 0.5) is 0 Å². The van der Waals surface area contributed by atoms with E-state index in [1.807, 2.05) is 18.2 Å². The Labute approximate surface area is 154 Å². The highest BCUT2D eigenvalue weighted by atomic mass is 35.5. The van der Waals surface area contributed by atoms with Gasteiger partial charge in [0.15, 0.2) is 0 Å². The highest BCUT2D eigenvalue weighted by molar-refractivity contribution is 5.85. The number of benzene rings is 1. The molecule has 2 aromatic rings. The van der Waals surface area contributed by atoms with E-state index in [0.717, 1.165) is 30.4 Å². The third-order valence-electron chi connectivity index (χ3n) is 4.21. The summed E-state index contributed by atoms with van der Waals surface area (Å²) in [4.78, 5) is 16.2. The molecule has 8 heteroatoms. The van der Waals surface area contributed by atoms with Crippen LogP contribution in [-0.2, 0) is 17.9 Å². The third-order valence-corrected chi connectivity index (χ3v) is 4.21. The fraction of sp³-hybridized carbons (Fsp3) is 0.438. The topological polar surface area (TPSA) is 85.8 Å². The zero-order valence-corrected chi connectivity index (χ0v) is 14.9. The number of nitrogens with zero attached hydrogens (tertiary/aromatic N) is 3. The van der Waals surface area contributed by atoms with Crippen LogP contribution >= 0.6 is 24.8 Å². The van der Waals surface area contributed by atoms with Crippen LogP contribution in [0.5, 0.6) is 0 Å². The maximum atomic E-state index is 12.2. The van der Waals surface area contributed by atoms with Gasteiger partial charge in [0.2, 0.25) is 5.91 Å². The van der Waals surface area contributed by atoms with Crippen molar-refractivity contribution in [2.75, 3.05) is 0 Å². The molecule has 0 spiro atoms. The highest BCUT2D eigenvalue weighted by Gasteiger charge is 2.27. The third kappa shape index (κ3) is 5.19. The van der Waals surface area contributed by atoms with Gasteiger partial charge in [0.25, 0.3) is 0 Å². The number of carbonyl (C=O) groups is 1. The summed E-state index contributed by atoms with van der Waals surface area (Å²) in [6, 6.07) is 8.24. The van der Waals surface area contributed by atoms with Crippen LogP contribution in [-0.4, -0.2) is 26.7 Å². The maximum Gasteiger partial charge on any atom is 0.223 e. The zero-order valence-electron chi connectivity index (χ0n) is 13.3. The molecule has 1 fully saturated rings. The lowest BCUT2D eigenvalue weighted by molar-refractivity contribution is -0.125. The first kappa shape index (κ1) is 20.4. The van der Waals surface area contributed by atoms with Gasteiger partial charge in [0.1, 0.15) is 12.7 Å². The number of nitrogens with two attached hydrogens (primary N) is 1. The Bertz CT molecular complexity index is 635. The quantitative estimate of drug-likeness (QED) is 0.840. The fourth-order valence-corrected chi connectivity index (χ4v) is 2.95. The van der Waals surface area contributed by atoms with Crippen molar-refractivity contribution >= 4 is 30.7 Å². The average molecular weight is 372 g/mol. The predicted octanol–water partition coefficient (Wildman–Crippen LogP) is 1.91. The van der Waals surface area contributed by atoms with E-state index in [2.05, 4.69) is 21.5 Å². The van der Waals surface area contributed by atoms with Gasteiger partial charge >= 0.3 is 0 Å². The van der Waals surface area contributed by atoms with Crippen molar-refractivity contribution in [2.45, 2.75) is 38.4 Å². The normalized spacial score (nSPS) is 19.2. The molecule has 2 atom stereocenters. The summed E-state index contributed by atoms with van der Waals surface area (Å²) in [6.45, 7) is 1.19. The molecule has 132 valence electrons. The summed E-state index contributed by atoms with van der Waals surface area (Å²) in [7, 11) is 0. The summed E-state index contributed by atoms with van der Waals surface area (Å²) in [5, 5.41) is 7.17. The van der Waals surface area contributed by atoms with Crippen LogP contribution in [0, 0.1) is 5.92 Å². The van der Waals surface area contributed by atoms with E-state index in [4.69, 9.17) is 5.73 Å². The SMILES string of the molecule is Cl.Cl.NC1CCC(C(=O)NCc2ccccc2Cn2cncn2)C1. The minimum Gasteiger partial charge on any atom is -0.352 e. The first-order valence-corrected chi connectivity index (χ1v) is 7.65. The molecule has 0 radical (unpaired) electrons. The molecule has 1 aliphatic carbocycles. The molecule has 0 bridgehead atoms. The lowest BCUT2D eigenvalue weighted by atomic mass is 10.1. The summed E-state index contributed by atoms with van der Waals surface area (Å²) >= 11 is 0.